The molecule has 0 saturated carbocycles. The molecular formula is C20H22N4O5S. The SMILES string of the molecule is Cc1ccc(C2NC(=O)N(C(CC(C)C)C(=O)Nc3nc(C(=O)O)cs3)C2=O)cc1. The number of urea groups is 1. The predicted molar refractivity (Wildman–Crippen MR) is 110 cm³/mol. The van der Waals surface area contributed by atoms with Crippen molar-refractivity contribution in [1.29, 1.82) is 0 Å². The second kappa shape index (κ2) is 8.62. The standard InChI is InChI=1S/C20H22N4O5S/c1-10(2)8-14(16(25)23-19-21-13(9-30-19)18(27)28)24-17(26)15(22-20(24)29)12-6-4-11(3)5-7-12/h4-7,9-10,14-15H,8H2,1-3H3,(H,22,29)(H,27,28)(H,21,23,25). The maximum Gasteiger partial charge on any atom is 0.355 e. The van der Waals surface area contributed by atoms with E-state index in [1.165, 1.54) is 5.38 Å². The highest BCUT2D eigenvalue weighted by Gasteiger charge is 2.45. The first-order chi connectivity index (χ1) is 14.2. The normalized spacial score (nSPS) is 17.2. The largest absolute Gasteiger partial charge is 0.476 e. The third kappa shape index (κ3) is 4.48. The molecule has 0 aliphatic carbocycles. The van der Waals surface area contributed by atoms with Crippen molar-refractivity contribution in [2.24, 2.45) is 5.92 Å². The number of carbonyl (C=O) groups excluding carboxylic acids is 3. The van der Waals surface area contributed by atoms with E-state index in [9.17, 15) is 19.2 Å². The molecule has 1 aliphatic rings. The van der Waals surface area contributed by atoms with Crippen LogP contribution in [0.5, 0.6) is 0 Å². The summed E-state index contributed by atoms with van der Waals surface area (Å²) in [5, 5.41) is 15.6. The third-order valence-electron chi connectivity index (χ3n) is 4.64. The van der Waals surface area contributed by atoms with Crippen molar-refractivity contribution in [3.63, 3.8) is 0 Å². The molecule has 9 nitrogen and oxygen atoms in total. The zero-order valence-electron chi connectivity index (χ0n) is 16.7. The van der Waals surface area contributed by atoms with Gasteiger partial charge in [-0.15, -0.1) is 11.3 Å². The lowest BCUT2D eigenvalue weighted by Gasteiger charge is -2.25. The molecule has 0 radical (unpaired) electrons. The minimum absolute atomic E-state index is 0.0191. The number of carboxylic acid groups (broad SMARTS) is 1. The highest BCUT2D eigenvalue weighted by Crippen LogP contribution is 2.27. The number of benzene rings is 1. The van der Waals surface area contributed by atoms with Gasteiger partial charge >= 0.3 is 12.0 Å². The van der Waals surface area contributed by atoms with E-state index in [0.717, 1.165) is 21.8 Å². The number of carboxylic acids is 1. The lowest BCUT2D eigenvalue weighted by Crippen LogP contribution is -2.48. The summed E-state index contributed by atoms with van der Waals surface area (Å²) in [5.41, 5.74) is 1.47. The molecule has 2 atom stereocenters. The molecule has 1 aromatic heterocycles. The Bertz CT molecular complexity index is 985. The van der Waals surface area contributed by atoms with Crippen molar-refractivity contribution in [2.45, 2.75) is 39.3 Å². The van der Waals surface area contributed by atoms with E-state index in [4.69, 9.17) is 5.11 Å². The Kier molecular flexibility index (Phi) is 6.16. The van der Waals surface area contributed by atoms with Crippen LogP contribution in [0.3, 0.4) is 0 Å². The van der Waals surface area contributed by atoms with Gasteiger partial charge in [-0.3, -0.25) is 9.59 Å². The predicted octanol–water partition coefficient (Wildman–Crippen LogP) is 2.80. The number of amides is 4. The fourth-order valence-electron chi connectivity index (χ4n) is 3.17. The van der Waals surface area contributed by atoms with Crippen molar-refractivity contribution in [3.8, 4) is 0 Å². The number of rotatable bonds is 7. The molecule has 1 fully saturated rings. The van der Waals surface area contributed by atoms with Crippen LogP contribution in [0.25, 0.3) is 0 Å². The van der Waals surface area contributed by atoms with Crippen LogP contribution in [0.2, 0.25) is 0 Å². The number of hydrogen-bond donors (Lipinski definition) is 3. The van der Waals surface area contributed by atoms with Gasteiger partial charge in [0.05, 0.1) is 0 Å². The maximum atomic E-state index is 13.0. The number of nitrogens with zero attached hydrogens (tertiary/aromatic N) is 2. The van der Waals surface area contributed by atoms with Gasteiger partial charge in [0.1, 0.15) is 12.1 Å². The van der Waals surface area contributed by atoms with E-state index in [1.54, 1.807) is 12.1 Å². The Morgan fingerprint density at radius 2 is 1.93 bits per heavy atom. The minimum atomic E-state index is -1.21. The van der Waals surface area contributed by atoms with Gasteiger partial charge in [-0.25, -0.2) is 19.5 Å². The van der Waals surface area contributed by atoms with Gasteiger partial charge in [0.2, 0.25) is 5.91 Å². The summed E-state index contributed by atoms with van der Waals surface area (Å²) < 4.78 is 0. The van der Waals surface area contributed by atoms with Gasteiger partial charge in [0.15, 0.2) is 10.8 Å². The maximum absolute atomic E-state index is 13.0. The fourth-order valence-corrected chi connectivity index (χ4v) is 3.86. The van der Waals surface area contributed by atoms with Crippen LogP contribution in [0.15, 0.2) is 29.6 Å². The van der Waals surface area contributed by atoms with Crippen LogP contribution in [-0.4, -0.2) is 44.8 Å². The number of aryl methyl sites for hydroxylation is 1. The summed E-state index contributed by atoms with van der Waals surface area (Å²) in [6, 6.07) is 4.67. The molecule has 158 valence electrons. The quantitative estimate of drug-likeness (QED) is 0.580. The fraction of sp³-hybridized carbons (Fsp3) is 0.350. The average molecular weight is 430 g/mol. The summed E-state index contributed by atoms with van der Waals surface area (Å²) >= 11 is 0.957. The van der Waals surface area contributed by atoms with E-state index in [-0.39, 0.29) is 23.2 Å². The van der Waals surface area contributed by atoms with Crippen LogP contribution in [0.1, 0.15) is 47.9 Å². The van der Waals surface area contributed by atoms with Gasteiger partial charge in [0.25, 0.3) is 5.91 Å². The smallest absolute Gasteiger partial charge is 0.355 e. The van der Waals surface area contributed by atoms with Crippen LogP contribution in [0, 0.1) is 12.8 Å². The van der Waals surface area contributed by atoms with E-state index in [2.05, 4.69) is 15.6 Å². The highest BCUT2D eigenvalue weighted by molar-refractivity contribution is 7.14. The van der Waals surface area contributed by atoms with Gasteiger partial charge in [-0.1, -0.05) is 43.7 Å². The zero-order chi connectivity index (χ0) is 22.0. The molecule has 1 aromatic carbocycles. The number of thiazole rings is 1. The van der Waals surface area contributed by atoms with Crippen molar-refractivity contribution < 1.29 is 24.3 Å². The number of nitrogens with one attached hydrogen (secondary N) is 2. The molecule has 4 amide bonds. The third-order valence-corrected chi connectivity index (χ3v) is 5.40. The van der Waals surface area contributed by atoms with E-state index in [0.29, 0.717) is 5.56 Å². The summed E-state index contributed by atoms with van der Waals surface area (Å²) in [7, 11) is 0. The van der Waals surface area contributed by atoms with Crippen molar-refractivity contribution in [2.75, 3.05) is 5.32 Å². The van der Waals surface area contributed by atoms with E-state index in [1.807, 2.05) is 32.9 Å². The van der Waals surface area contributed by atoms with Gasteiger partial charge in [0, 0.05) is 5.38 Å². The number of anilines is 1. The van der Waals surface area contributed by atoms with Crippen LogP contribution < -0.4 is 10.6 Å². The topological polar surface area (TPSA) is 129 Å². The molecule has 2 aromatic rings. The van der Waals surface area contributed by atoms with Crippen molar-refractivity contribution >= 4 is 40.3 Å². The minimum Gasteiger partial charge on any atom is -0.476 e. The number of carbonyl (C=O) groups is 4. The monoisotopic (exact) mass is 430 g/mol. The first-order valence-electron chi connectivity index (χ1n) is 9.37. The summed E-state index contributed by atoms with van der Waals surface area (Å²) in [5.74, 6) is -2.29. The average Bonchev–Trinajstić information content (AvgIpc) is 3.25. The Balaban J connectivity index is 1.83. The first-order valence-corrected chi connectivity index (χ1v) is 10.2. The molecular weight excluding hydrogens is 408 g/mol. The lowest BCUT2D eigenvalue weighted by molar-refractivity contribution is -0.134. The molecule has 2 unspecified atom stereocenters. The van der Waals surface area contributed by atoms with Gasteiger partial charge in [-0.05, 0) is 24.8 Å². The van der Waals surface area contributed by atoms with Gasteiger partial charge < -0.3 is 15.7 Å². The molecule has 30 heavy (non-hydrogen) atoms. The highest BCUT2D eigenvalue weighted by atomic mass is 32.1. The van der Waals surface area contributed by atoms with Gasteiger partial charge in [-0.2, -0.15) is 0 Å². The number of aromatic nitrogens is 1. The molecule has 2 heterocycles. The molecule has 0 spiro atoms. The van der Waals surface area contributed by atoms with E-state index < -0.39 is 35.9 Å². The summed E-state index contributed by atoms with van der Waals surface area (Å²) in [4.78, 5) is 54.4. The van der Waals surface area contributed by atoms with Crippen molar-refractivity contribution in [3.05, 3.63) is 46.5 Å². The molecule has 3 N–H and O–H groups in total. The Labute approximate surface area is 177 Å². The Morgan fingerprint density at radius 3 is 2.50 bits per heavy atom. The van der Waals surface area contributed by atoms with E-state index >= 15 is 0 Å². The molecule has 10 heteroatoms. The summed E-state index contributed by atoms with van der Waals surface area (Å²) in [6.07, 6.45) is 0.253. The number of imide groups is 1. The van der Waals surface area contributed by atoms with Crippen LogP contribution >= 0.6 is 11.3 Å². The first kappa shape index (κ1) is 21.4. The van der Waals surface area contributed by atoms with Crippen LogP contribution in [0.4, 0.5) is 9.93 Å². The molecule has 0 bridgehead atoms. The van der Waals surface area contributed by atoms with Crippen LogP contribution in [-0.2, 0) is 9.59 Å². The molecule has 1 aliphatic heterocycles. The second-order valence-corrected chi connectivity index (χ2v) is 8.34. The Hall–Kier alpha value is -3.27. The summed E-state index contributed by atoms with van der Waals surface area (Å²) in [6.45, 7) is 5.67. The van der Waals surface area contributed by atoms with Crippen molar-refractivity contribution in [1.82, 2.24) is 15.2 Å². The number of aromatic carboxylic acids is 1. The molecule has 1 saturated heterocycles. The zero-order valence-corrected chi connectivity index (χ0v) is 17.5. The Morgan fingerprint density at radius 1 is 1.27 bits per heavy atom. The second-order valence-electron chi connectivity index (χ2n) is 7.48. The lowest BCUT2D eigenvalue weighted by atomic mass is 10.0. The number of hydrogen-bond acceptors (Lipinski definition) is 6. The molecule has 3 rings (SSSR count).